The fourth-order valence-electron chi connectivity index (χ4n) is 2.12. The van der Waals surface area contributed by atoms with Gasteiger partial charge in [-0.15, -0.1) is 0 Å². The summed E-state index contributed by atoms with van der Waals surface area (Å²) in [5.74, 6) is 0. The highest BCUT2D eigenvalue weighted by Crippen LogP contribution is 2.13. The smallest absolute Gasteiger partial charge is 0.319 e. The second kappa shape index (κ2) is 7.33. The molecule has 0 bridgehead atoms. The van der Waals surface area contributed by atoms with E-state index in [4.69, 9.17) is 5.73 Å². The fraction of sp³-hybridized carbons (Fsp3) is 0.235. The van der Waals surface area contributed by atoms with Gasteiger partial charge in [0.25, 0.3) is 0 Å². The zero-order chi connectivity index (χ0) is 15.1. The van der Waals surface area contributed by atoms with Gasteiger partial charge >= 0.3 is 6.03 Å². The molecule has 2 amide bonds. The van der Waals surface area contributed by atoms with E-state index in [0.717, 1.165) is 35.3 Å². The number of aryl methyl sites for hydroxylation is 2. The van der Waals surface area contributed by atoms with Crippen LogP contribution in [0.3, 0.4) is 0 Å². The second-order valence-electron chi connectivity index (χ2n) is 5.00. The second-order valence-corrected chi connectivity index (χ2v) is 5.00. The van der Waals surface area contributed by atoms with Gasteiger partial charge in [-0.05, 0) is 43.0 Å². The molecule has 0 spiro atoms. The Balaban J connectivity index is 1.73. The quantitative estimate of drug-likeness (QED) is 0.582. The Morgan fingerprint density at radius 3 is 2.57 bits per heavy atom. The molecule has 2 rings (SSSR count). The standard InChI is InChI=1S/C17H21N3O/c1-13-7-2-5-11-16(13)20-17(21)19-12-6-9-14-8-3-4-10-15(14)18/h2-5,7-8,10-11H,6,9,12,18H2,1H3,(H2,19,20,21). The van der Waals surface area contributed by atoms with Gasteiger partial charge in [0.05, 0.1) is 0 Å². The van der Waals surface area contributed by atoms with Crippen molar-refractivity contribution in [3.05, 3.63) is 59.7 Å². The average Bonchev–Trinajstić information content (AvgIpc) is 2.48. The molecule has 2 aromatic carbocycles. The maximum Gasteiger partial charge on any atom is 0.319 e. The van der Waals surface area contributed by atoms with Gasteiger partial charge in [-0.2, -0.15) is 0 Å². The highest BCUT2D eigenvalue weighted by molar-refractivity contribution is 5.89. The molecule has 0 aliphatic heterocycles. The molecule has 0 atom stereocenters. The zero-order valence-corrected chi connectivity index (χ0v) is 12.2. The first-order valence-corrected chi connectivity index (χ1v) is 7.10. The number of benzene rings is 2. The molecule has 4 N–H and O–H groups in total. The molecule has 21 heavy (non-hydrogen) atoms. The summed E-state index contributed by atoms with van der Waals surface area (Å²) >= 11 is 0. The average molecular weight is 283 g/mol. The minimum atomic E-state index is -0.176. The number of nitrogens with two attached hydrogens (primary N) is 1. The van der Waals surface area contributed by atoms with Crippen LogP contribution in [0.5, 0.6) is 0 Å². The number of amides is 2. The topological polar surface area (TPSA) is 67.2 Å². The van der Waals surface area contributed by atoms with Gasteiger partial charge in [-0.1, -0.05) is 36.4 Å². The summed E-state index contributed by atoms with van der Waals surface area (Å²) in [7, 11) is 0. The Morgan fingerprint density at radius 1 is 1.10 bits per heavy atom. The van der Waals surface area contributed by atoms with Crippen molar-refractivity contribution in [3.8, 4) is 0 Å². The van der Waals surface area contributed by atoms with Crippen molar-refractivity contribution in [3.63, 3.8) is 0 Å². The molecule has 0 radical (unpaired) electrons. The molecule has 0 saturated heterocycles. The van der Waals surface area contributed by atoms with Crippen LogP contribution in [0.4, 0.5) is 16.2 Å². The molecular formula is C17H21N3O. The summed E-state index contributed by atoms with van der Waals surface area (Å²) in [6, 6.07) is 15.3. The number of anilines is 2. The van der Waals surface area contributed by atoms with Crippen molar-refractivity contribution in [2.75, 3.05) is 17.6 Å². The number of hydrogen-bond acceptors (Lipinski definition) is 2. The van der Waals surface area contributed by atoms with Crippen molar-refractivity contribution in [2.45, 2.75) is 19.8 Å². The molecule has 0 aliphatic carbocycles. The molecule has 4 nitrogen and oxygen atoms in total. The summed E-state index contributed by atoms with van der Waals surface area (Å²) in [6.07, 6.45) is 1.72. The van der Waals surface area contributed by atoms with Crippen molar-refractivity contribution >= 4 is 17.4 Å². The van der Waals surface area contributed by atoms with Gasteiger partial charge in [0.1, 0.15) is 0 Å². The number of nitrogen functional groups attached to an aromatic ring is 1. The third-order valence-electron chi connectivity index (χ3n) is 3.36. The Labute approximate surface area is 125 Å². The van der Waals surface area contributed by atoms with Crippen molar-refractivity contribution in [1.29, 1.82) is 0 Å². The number of nitrogens with one attached hydrogen (secondary N) is 2. The van der Waals surface area contributed by atoms with E-state index < -0.39 is 0 Å². The lowest BCUT2D eigenvalue weighted by Crippen LogP contribution is -2.30. The van der Waals surface area contributed by atoms with Gasteiger partial charge in [-0.25, -0.2) is 4.79 Å². The molecule has 0 saturated carbocycles. The number of carbonyl (C=O) groups is 1. The fourth-order valence-corrected chi connectivity index (χ4v) is 2.12. The summed E-state index contributed by atoms with van der Waals surface area (Å²) in [5, 5.41) is 5.70. The number of urea groups is 1. The Kier molecular flexibility index (Phi) is 5.21. The van der Waals surface area contributed by atoms with E-state index in [9.17, 15) is 4.79 Å². The van der Waals surface area contributed by atoms with E-state index in [1.54, 1.807) is 0 Å². The van der Waals surface area contributed by atoms with E-state index >= 15 is 0 Å². The van der Waals surface area contributed by atoms with Crippen LogP contribution in [0.2, 0.25) is 0 Å². The van der Waals surface area contributed by atoms with Crippen LogP contribution < -0.4 is 16.4 Å². The van der Waals surface area contributed by atoms with E-state index in [1.807, 2.05) is 55.5 Å². The first-order chi connectivity index (χ1) is 10.2. The lowest BCUT2D eigenvalue weighted by atomic mass is 10.1. The number of carbonyl (C=O) groups excluding carboxylic acids is 1. The third kappa shape index (κ3) is 4.53. The van der Waals surface area contributed by atoms with Crippen LogP contribution in [0.1, 0.15) is 17.5 Å². The van der Waals surface area contributed by atoms with Crippen molar-refractivity contribution < 1.29 is 4.79 Å². The Bertz CT molecular complexity index is 610. The normalized spacial score (nSPS) is 10.1. The van der Waals surface area contributed by atoms with Crippen LogP contribution in [-0.2, 0) is 6.42 Å². The SMILES string of the molecule is Cc1ccccc1NC(=O)NCCCc1ccccc1N. The number of hydrogen-bond donors (Lipinski definition) is 3. The first kappa shape index (κ1) is 14.9. The molecule has 0 heterocycles. The van der Waals surface area contributed by atoms with Gasteiger partial charge in [0, 0.05) is 17.9 Å². The molecule has 0 fully saturated rings. The lowest BCUT2D eigenvalue weighted by Gasteiger charge is -2.10. The van der Waals surface area contributed by atoms with E-state index in [-0.39, 0.29) is 6.03 Å². The van der Waals surface area contributed by atoms with Crippen LogP contribution in [0, 0.1) is 6.92 Å². The zero-order valence-electron chi connectivity index (χ0n) is 12.2. The molecular weight excluding hydrogens is 262 g/mol. The van der Waals surface area contributed by atoms with Crippen LogP contribution >= 0.6 is 0 Å². The monoisotopic (exact) mass is 283 g/mol. The Hall–Kier alpha value is -2.49. The first-order valence-electron chi connectivity index (χ1n) is 7.10. The molecule has 0 aromatic heterocycles. The minimum absolute atomic E-state index is 0.176. The summed E-state index contributed by atoms with van der Waals surface area (Å²) < 4.78 is 0. The van der Waals surface area contributed by atoms with Crippen LogP contribution in [-0.4, -0.2) is 12.6 Å². The van der Waals surface area contributed by atoms with Crippen molar-refractivity contribution in [1.82, 2.24) is 5.32 Å². The van der Waals surface area contributed by atoms with Crippen LogP contribution in [0.25, 0.3) is 0 Å². The van der Waals surface area contributed by atoms with Gasteiger partial charge in [0.15, 0.2) is 0 Å². The maximum atomic E-state index is 11.8. The summed E-state index contributed by atoms with van der Waals surface area (Å²) in [5.41, 5.74) is 9.69. The van der Waals surface area contributed by atoms with Gasteiger partial charge < -0.3 is 16.4 Å². The summed E-state index contributed by atoms with van der Waals surface area (Å²) in [6.45, 7) is 2.58. The number of rotatable bonds is 5. The van der Waals surface area contributed by atoms with Gasteiger partial charge in [0.2, 0.25) is 0 Å². The Morgan fingerprint density at radius 2 is 1.81 bits per heavy atom. The van der Waals surface area contributed by atoms with Crippen molar-refractivity contribution in [2.24, 2.45) is 0 Å². The van der Waals surface area contributed by atoms with E-state index in [2.05, 4.69) is 10.6 Å². The predicted molar refractivity (Wildman–Crippen MR) is 87.4 cm³/mol. The van der Waals surface area contributed by atoms with Crippen LogP contribution in [0.15, 0.2) is 48.5 Å². The highest BCUT2D eigenvalue weighted by atomic mass is 16.2. The van der Waals surface area contributed by atoms with E-state index in [1.165, 1.54) is 0 Å². The molecule has 0 aliphatic rings. The number of para-hydroxylation sites is 2. The largest absolute Gasteiger partial charge is 0.399 e. The van der Waals surface area contributed by atoms with E-state index in [0.29, 0.717) is 6.54 Å². The third-order valence-corrected chi connectivity index (χ3v) is 3.36. The molecule has 110 valence electrons. The maximum absolute atomic E-state index is 11.8. The summed E-state index contributed by atoms with van der Waals surface area (Å²) in [4.78, 5) is 11.8. The molecule has 2 aromatic rings. The lowest BCUT2D eigenvalue weighted by molar-refractivity contribution is 0.252. The minimum Gasteiger partial charge on any atom is -0.399 e. The predicted octanol–water partition coefficient (Wildman–Crippen LogP) is 3.33. The molecule has 4 heteroatoms. The highest BCUT2D eigenvalue weighted by Gasteiger charge is 2.03. The van der Waals surface area contributed by atoms with Gasteiger partial charge in [-0.3, -0.25) is 0 Å². The molecule has 0 unspecified atom stereocenters.